The van der Waals surface area contributed by atoms with Crippen LogP contribution in [0.2, 0.25) is 0 Å². The zero-order valence-electron chi connectivity index (χ0n) is 20.0. The average molecular weight is 487 g/mol. The molecular weight excluding hydrogens is 460 g/mol. The first-order valence-corrected chi connectivity index (χ1v) is 11.7. The second-order valence-corrected chi connectivity index (χ2v) is 8.93. The molecule has 5 rings (SSSR count). The summed E-state index contributed by atoms with van der Waals surface area (Å²) in [6.07, 6.45) is 1.66. The summed E-state index contributed by atoms with van der Waals surface area (Å²) in [5.74, 6) is 2.46. The number of allylic oxidation sites excluding steroid dienone is 1. The Bertz CT molecular complexity index is 1410. The Kier molecular flexibility index (Phi) is 6.13. The summed E-state index contributed by atoms with van der Waals surface area (Å²) in [5, 5.41) is 8.39. The Morgan fingerprint density at radius 2 is 1.91 bits per heavy atom. The van der Waals surface area contributed by atoms with E-state index in [1.807, 2.05) is 48.2 Å². The van der Waals surface area contributed by atoms with Gasteiger partial charge in [-0.2, -0.15) is 4.98 Å². The van der Waals surface area contributed by atoms with Gasteiger partial charge in [0.1, 0.15) is 11.5 Å². The van der Waals surface area contributed by atoms with Crippen molar-refractivity contribution < 1.29 is 13.7 Å². The summed E-state index contributed by atoms with van der Waals surface area (Å²) in [6, 6.07) is 17.5. The molecule has 2 aromatic heterocycles. The van der Waals surface area contributed by atoms with E-state index in [9.17, 15) is 0 Å². The van der Waals surface area contributed by atoms with Gasteiger partial charge in [-0.15, -0.1) is 0 Å². The highest BCUT2D eigenvalue weighted by Gasteiger charge is 2.34. The van der Waals surface area contributed by atoms with Gasteiger partial charge in [0.25, 0.3) is 5.89 Å². The minimum atomic E-state index is -0.242. The molecule has 0 radical (unpaired) electrons. The topological polar surface area (TPSA) is 76.6 Å². The van der Waals surface area contributed by atoms with Gasteiger partial charge < -0.3 is 23.9 Å². The zero-order valence-corrected chi connectivity index (χ0v) is 20.8. The van der Waals surface area contributed by atoms with Crippen LogP contribution in [0.25, 0.3) is 17.0 Å². The summed E-state index contributed by atoms with van der Waals surface area (Å²) in [7, 11) is 1.63. The van der Waals surface area contributed by atoms with Crippen LogP contribution in [0.1, 0.15) is 41.3 Å². The van der Waals surface area contributed by atoms with Crippen LogP contribution in [0.3, 0.4) is 0 Å². The van der Waals surface area contributed by atoms with E-state index in [4.69, 9.17) is 30.9 Å². The van der Waals surface area contributed by atoms with Crippen molar-refractivity contribution in [1.82, 2.24) is 20.4 Å². The minimum Gasteiger partial charge on any atom is -0.497 e. The molecule has 1 aliphatic rings. The molecule has 178 valence electrons. The van der Waals surface area contributed by atoms with Crippen LogP contribution in [-0.4, -0.2) is 27.3 Å². The average Bonchev–Trinajstić information content (AvgIpc) is 3.56. The van der Waals surface area contributed by atoms with Gasteiger partial charge in [0.15, 0.2) is 5.11 Å². The number of thiocarbonyl (C=S) groups is 1. The Morgan fingerprint density at radius 1 is 1.06 bits per heavy atom. The highest BCUT2D eigenvalue weighted by molar-refractivity contribution is 7.80. The molecule has 0 spiro atoms. The largest absolute Gasteiger partial charge is 0.497 e. The van der Waals surface area contributed by atoms with Gasteiger partial charge in [-0.3, -0.25) is 0 Å². The molecule has 0 amide bonds. The maximum absolute atomic E-state index is 5.83. The molecule has 0 aliphatic carbocycles. The smallest absolute Gasteiger partial charge is 0.258 e. The van der Waals surface area contributed by atoms with Gasteiger partial charge in [0.2, 0.25) is 5.82 Å². The summed E-state index contributed by atoms with van der Waals surface area (Å²) >= 11 is 5.78. The summed E-state index contributed by atoms with van der Waals surface area (Å²) in [5.41, 5.74) is 6.11. The minimum absolute atomic E-state index is 0.242. The lowest BCUT2D eigenvalue weighted by molar-refractivity contribution is 0.382. The van der Waals surface area contributed by atoms with Gasteiger partial charge in [-0.05, 0) is 73.9 Å². The Morgan fingerprint density at radius 3 is 2.66 bits per heavy atom. The van der Waals surface area contributed by atoms with E-state index in [0.29, 0.717) is 23.4 Å². The Balaban J connectivity index is 1.61. The highest BCUT2D eigenvalue weighted by Crippen LogP contribution is 2.38. The van der Waals surface area contributed by atoms with E-state index in [1.165, 1.54) is 11.1 Å². The van der Waals surface area contributed by atoms with Crippen molar-refractivity contribution in [1.29, 1.82) is 0 Å². The van der Waals surface area contributed by atoms with Gasteiger partial charge in [0.05, 0.1) is 31.5 Å². The quantitative estimate of drug-likeness (QED) is 0.342. The van der Waals surface area contributed by atoms with E-state index >= 15 is 0 Å². The first-order valence-electron chi connectivity index (χ1n) is 11.3. The lowest BCUT2D eigenvalue weighted by Crippen LogP contribution is -2.45. The molecule has 1 unspecified atom stereocenters. The van der Waals surface area contributed by atoms with E-state index < -0.39 is 0 Å². The van der Waals surface area contributed by atoms with Crippen molar-refractivity contribution in [2.24, 2.45) is 0 Å². The van der Waals surface area contributed by atoms with Crippen LogP contribution >= 0.6 is 12.2 Å². The van der Waals surface area contributed by atoms with E-state index in [1.54, 1.807) is 13.4 Å². The van der Waals surface area contributed by atoms with Crippen molar-refractivity contribution in [3.63, 3.8) is 0 Å². The SMILES string of the molecule is COc1cccc(-c2noc(C3=C(C)N(Cc4ccco4)C(=S)NC3c3ccc(C)c(C)c3)n2)c1. The number of aromatic nitrogens is 2. The normalized spacial score (nSPS) is 15.9. The monoisotopic (exact) mass is 486 g/mol. The number of aryl methyl sites for hydroxylation is 2. The number of furan rings is 1. The van der Waals surface area contributed by atoms with Crippen LogP contribution in [0.4, 0.5) is 0 Å². The second-order valence-electron chi connectivity index (χ2n) is 8.55. The summed E-state index contributed by atoms with van der Waals surface area (Å²) < 4.78 is 16.8. The number of benzene rings is 2. The van der Waals surface area contributed by atoms with Crippen LogP contribution in [-0.2, 0) is 6.54 Å². The number of nitrogens with one attached hydrogen (secondary N) is 1. The van der Waals surface area contributed by atoms with Crippen molar-refractivity contribution in [2.45, 2.75) is 33.4 Å². The number of hydrogen-bond acceptors (Lipinski definition) is 6. The van der Waals surface area contributed by atoms with Crippen LogP contribution in [0.5, 0.6) is 5.75 Å². The lowest BCUT2D eigenvalue weighted by Gasteiger charge is -2.37. The molecule has 3 heterocycles. The summed E-state index contributed by atoms with van der Waals surface area (Å²) in [6.45, 7) is 6.72. The van der Waals surface area contributed by atoms with E-state index in [2.05, 4.69) is 42.5 Å². The van der Waals surface area contributed by atoms with Crippen LogP contribution in [0, 0.1) is 13.8 Å². The molecule has 4 aromatic rings. The predicted molar refractivity (Wildman–Crippen MR) is 138 cm³/mol. The molecule has 0 saturated carbocycles. The Labute approximate surface area is 209 Å². The molecule has 8 heteroatoms. The molecular formula is C27H26N4O3S. The van der Waals surface area contributed by atoms with Crippen LogP contribution < -0.4 is 10.1 Å². The number of nitrogens with zero attached hydrogens (tertiary/aromatic N) is 3. The van der Waals surface area contributed by atoms with E-state index in [0.717, 1.165) is 33.9 Å². The third-order valence-electron chi connectivity index (χ3n) is 6.34. The maximum Gasteiger partial charge on any atom is 0.258 e. The molecule has 35 heavy (non-hydrogen) atoms. The zero-order chi connectivity index (χ0) is 24.5. The maximum atomic E-state index is 5.83. The first-order chi connectivity index (χ1) is 16.9. The molecule has 2 aromatic carbocycles. The van der Waals surface area contributed by atoms with Crippen molar-refractivity contribution in [2.75, 3.05) is 7.11 Å². The number of hydrogen-bond donors (Lipinski definition) is 1. The highest BCUT2D eigenvalue weighted by atomic mass is 32.1. The predicted octanol–water partition coefficient (Wildman–Crippen LogP) is 5.82. The molecule has 1 N–H and O–H groups in total. The van der Waals surface area contributed by atoms with E-state index in [-0.39, 0.29) is 6.04 Å². The lowest BCUT2D eigenvalue weighted by atomic mass is 9.92. The number of ether oxygens (including phenoxy) is 1. The van der Waals surface area contributed by atoms with Crippen LogP contribution in [0.15, 0.2) is 75.5 Å². The third-order valence-corrected chi connectivity index (χ3v) is 6.68. The summed E-state index contributed by atoms with van der Waals surface area (Å²) in [4.78, 5) is 6.77. The van der Waals surface area contributed by atoms with Gasteiger partial charge in [0, 0.05) is 11.3 Å². The standard InChI is InChI=1S/C27H26N4O3S/c1-16-10-11-19(13-17(16)2)24-23(18(3)31(27(35)28-24)15-22-9-6-12-33-22)26-29-25(30-34-26)20-7-5-8-21(14-20)32-4/h5-14,24H,15H2,1-4H3,(H,28,35). The van der Waals surface area contributed by atoms with Crippen molar-refractivity contribution in [3.8, 4) is 17.1 Å². The van der Waals surface area contributed by atoms with Gasteiger partial charge in [-0.25, -0.2) is 0 Å². The number of methoxy groups -OCH3 is 1. The molecule has 1 aliphatic heterocycles. The third kappa shape index (κ3) is 4.44. The molecule has 0 bridgehead atoms. The first kappa shape index (κ1) is 22.9. The van der Waals surface area contributed by atoms with Gasteiger partial charge in [-0.1, -0.05) is 35.5 Å². The van der Waals surface area contributed by atoms with Gasteiger partial charge >= 0.3 is 0 Å². The van der Waals surface area contributed by atoms with Crippen molar-refractivity contribution in [3.05, 3.63) is 94.9 Å². The molecule has 0 saturated heterocycles. The molecule has 1 atom stereocenters. The Hall–Kier alpha value is -3.91. The number of rotatable bonds is 6. The second kappa shape index (κ2) is 9.38. The molecule has 7 nitrogen and oxygen atoms in total. The van der Waals surface area contributed by atoms with Crippen molar-refractivity contribution >= 4 is 22.9 Å². The molecule has 0 fully saturated rings. The fourth-order valence-corrected chi connectivity index (χ4v) is 4.53. The fourth-order valence-electron chi connectivity index (χ4n) is 4.21. The fraction of sp³-hybridized carbons (Fsp3) is 0.222.